The predicted octanol–water partition coefficient (Wildman–Crippen LogP) is 2.69. The number of alkyl halides is 1. The van der Waals surface area contributed by atoms with E-state index in [1.54, 1.807) is 6.07 Å². The fourth-order valence-electron chi connectivity index (χ4n) is 1.96. The monoisotopic (exact) mass is 334 g/mol. The van der Waals surface area contributed by atoms with Gasteiger partial charge < -0.3 is 18.9 Å². The molecule has 2 unspecified atom stereocenters. The molecule has 106 valence electrons. The zero-order valence-electron chi connectivity index (χ0n) is 10.8. The molecule has 1 fully saturated rings. The third-order valence-corrected chi connectivity index (χ3v) is 4.05. The van der Waals surface area contributed by atoms with Crippen molar-refractivity contribution in [3.05, 3.63) is 23.5 Å². The number of benzene rings is 1. The summed E-state index contributed by atoms with van der Waals surface area (Å²) in [5.74, 6) is 0.484. The number of ether oxygens (including phenoxy) is 4. The Kier molecular flexibility index (Phi) is 5.01. The van der Waals surface area contributed by atoms with Gasteiger partial charge in [-0.1, -0.05) is 15.9 Å². The molecule has 1 aromatic rings. The third kappa shape index (κ3) is 3.19. The fraction of sp³-hybridized carbons (Fsp3) is 0.538. The van der Waals surface area contributed by atoms with Crippen LogP contribution in [0.4, 0.5) is 4.39 Å². The molecule has 6 heteroatoms. The molecule has 19 heavy (non-hydrogen) atoms. The molecule has 0 spiro atoms. The van der Waals surface area contributed by atoms with Crippen LogP contribution in [0.2, 0.25) is 0 Å². The first kappa shape index (κ1) is 14.6. The second kappa shape index (κ2) is 6.54. The van der Waals surface area contributed by atoms with E-state index in [4.69, 9.17) is 18.9 Å². The third-order valence-electron chi connectivity index (χ3n) is 2.97. The van der Waals surface area contributed by atoms with E-state index in [-0.39, 0.29) is 16.7 Å². The van der Waals surface area contributed by atoms with Crippen LogP contribution in [0.15, 0.2) is 12.1 Å². The summed E-state index contributed by atoms with van der Waals surface area (Å²) in [6.07, 6.45) is -0.221. The van der Waals surface area contributed by atoms with Crippen molar-refractivity contribution in [2.24, 2.45) is 0 Å². The topological polar surface area (TPSA) is 36.9 Å². The SMILES string of the molecule is COc1cc(F)c(C(Br)C2COCCO2)cc1OC. The van der Waals surface area contributed by atoms with E-state index in [1.807, 2.05) is 0 Å². The molecular formula is C13H16BrFO4. The summed E-state index contributed by atoms with van der Waals surface area (Å²) in [4.78, 5) is -0.299. The Morgan fingerprint density at radius 3 is 2.53 bits per heavy atom. The van der Waals surface area contributed by atoms with Crippen LogP contribution in [0.25, 0.3) is 0 Å². The molecule has 2 atom stereocenters. The quantitative estimate of drug-likeness (QED) is 0.793. The first-order chi connectivity index (χ1) is 9.17. The second-order valence-corrected chi connectivity index (χ2v) is 5.10. The van der Waals surface area contributed by atoms with Gasteiger partial charge in [-0.25, -0.2) is 4.39 Å². The van der Waals surface area contributed by atoms with Gasteiger partial charge in [-0.2, -0.15) is 0 Å². The summed E-state index contributed by atoms with van der Waals surface area (Å²) in [5, 5.41) is 0. The van der Waals surface area contributed by atoms with Crippen molar-refractivity contribution < 1.29 is 23.3 Å². The standard InChI is InChI=1S/C13H16BrFO4/c1-16-10-5-8(9(15)6-11(10)17-2)13(14)12-7-18-3-4-19-12/h5-6,12-13H,3-4,7H2,1-2H3. The van der Waals surface area contributed by atoms with Gasteiger partial charge in [0.15, 0.2) is 11.5 Å². The van der Waals surface area contributed by atoms with E-state index in [1.165, 1.54) is 20.3 Å². The number of halogens is 2. The van der Waals surface area contributed by atoms with Crippen LogP contribution in [0.1, 0.15) is 10.4 Å². The first-order valence-corrected chi connectivity index (χ1v) is 6.83. The molecule has 0 saturated carbocycles. The number of methoxy groups -OCH3 is 2. The van der Waals surface area contributed by atoms with E-state index in [9.17, 15) is 4.39 Å². The van der Waals surface area contributed by atoms with Crippen molar-refractivity contribution in [2.75, 3.05) is 34.0 Å². The highest BCUT2D eigenvalue weighted by Crippen LogP contribution is 2.38. The molecule has 0 bridgehead atoms. The number of hydrogen-bond acceptors (Lipinski definition) is 4. The molecule has 1 heterocycles. The van der Waals surface area contributed by atoms with Crippen molar-refractivity contribution in [1.29, 1.82) is 0 Å². The molecule has 0 aromatic heterocycles. The van der Waals surface area contributed by atoms with Crippen LogP contribution in [0.3, 0.4) is 0 Å². The van der Waals surface area contributed by atoms with E-state index in [0.717, 1.165) is 0 Å². The number of rotatable bonds is 4. The predicted molar refractivity (Wildman–Crippen MR) is 71.7 cm³/mol. The van der Waals surface area contributed by atoms with Crippen LogP contribution in [0, 0.1) is 5.82 Å². The molecule has 2 rings (SSSR count). The van der Waals surface area contributed by atoms with Crippen LogP contribution in [-0.4, -0.2) is 40.1 Å². The van der Waals surface area contributed by atoms with Gasteiger partial charge in [0, 0.05) is 11.6 Å². The summed E-state index contributed by atoms with van der Waals surface area (Å²) in [5.41, 5.74) is 0.466. The Bertz CT molecular complexity index is 435. The highest BCUT2D eigenvalue weighted by atomic mass is 79.9. The Morgan fingerprint density at radius 2 is 1.95 bits per heavy atom. The Hall–Kier alpha value is -0.850. The fourth-order valence-corrected chi connectivity index (χ4v) is 2.61. The Labute approximate surface area is 119 Å². The minimum absolute atomic E-state index is 0.221. The highest BCUT2D eigenvalue weighted by molar-refractivity contribution is 9.09. The summed E-state index contributed by atoms with van der Waals surface area (Å²) < 4.78 is 35.2. The van der Waals surface area contributed by atoms with Crippen molar-refractivity contribution in [2.45, 2.75) is 10.9 Å². The van der Waals surface area contributed by atoms with Gasteiger partial charge in [-0.15, -0.1) is 0 Å². The average Bonchev–Trinajstić information content (AvgIpc) is 2.47. The second-order valence-electron chi connectivity index (χ2n) is 4.11. The molecule has 4 nitrogen and oxygen atoms in total. The van der Waals surface area contributed by atoms with Gasteiger partial charge in [0.2, 0.25) is 0 Å². The van der Waals surface area contributed by atoms with Crippen LogP contribution >= 0.6 is 15.9 Å². The molecule has 0 N–H and O–H groups in total. The molecule has 0 aliphatic carbocycles. The zero-order valence-corrected chi connectivity index (χ0v) is 12.4. The van der Waals surface area contributed by atoms with Crippen molar-refractivity contribution in [3.8, 4) is 11.5 Å². The van der Waals surface area contributed by atoms with Crippen molar-refractivity contribution in [3.63, 3.8) is 0 Å². The minimum Gasteiger partial charge on any atom is -0.493 e. The maximum Gasteiger partial charge on any atom is 0.163 e. The summed E-state index contributed by atoms with van der Waals surface area (Å²) in [6.45, 7) is 1.52. The van der Waals surface area contributed by atoms with Crippen molar-refractivity contribution in [1.82, 2.24) is 0 Å². The summed E-state index contributed by atoms with van der Waals surface area (Å²) >= 11 is 3.47. The van der Waals surface area contributed by atoms with Gasteiger partial charge in [-0.3, -0.25) is 0 Å². The molecular weight excluding hydrogens is 319 g/mol. The van der Waals surface area contributed by atoms with E-state index in [0.29, 0.717) is 36.9 Å². The largest absolute Gasteiger partial charge is 0.493 e. The number of hydrogen-bond donors (Lipinski definition) is 0. The van der Waals surface area contributed by atoms with Crippen molar-refractivity contribution >= 4 is 15.9 Å². The molecule has 0 radical (unpaired) electrons. The van der Waals surface area contributed by atoms with Gasteiger partial charge >= 0.3 is 0 Å². The van der Waals surface area contributed by atoms with E-state index >= 15 is 0 Å². The lowest BCUT2D eigenvalue weighted by Crippen LogP contribution is -2.32. The van der Waals surface area contributed by atoms with Crippen LogP contribution < -0.4 is 9.47 Å². The summed E-state index contributed by atoms with van der Waals surface area (Å²) in [6, 6.07) is 2.93. The average molecular weight is 335 g/mol. The smallest absolute Gasteiger partial charge is 0.163 e. The lowest BCUT2D eigenvalue weighted by atomic mass is 10.1. The van der Waals surface area contributed by atoms with Gasteiger partial charge in [0.1, 0.15) is 5.82 Å². The molecule has 0 amide bonds. The van der Waals surface area contributed by atoms with Gasteiger partial charge in [-0.05, 0) is 6.07 Å². The van der Waals surface area contributed by atoms with Gasteiger partial charge in [0.05, 0.1) is 45.0 Å². The van der Waals surface area contributed by atoms with Crippen LogP contribution in [0.5, 0.6) is 11.5 Å². The summed E-state index contributed by atoms with van der Waals surface area (Å²) in [7, 11) is 2.99. The van der Waals surface area contributed by atoms with Gasteiger partial charge in [0.25, 0.3) is 0 Å². The molecule has 1 aromatic carbocycles. The Morgan fingerprint density at radius 1 is 1.26 bits per heavy atom. The Balaban J connectivity index is 2.27. The minimum atomic E-state index is -0.367. The van der Waals surface area contributed by atoms with Crippen LogP contribution in [-0.2, 0) is 9.47 Å². The maximum atomic E-state index is 14.1. The maximum absolute atomic E-state index is 14.1. The lowest BCUT2D eigenvalue weighted by molar-refractivity contribution is -0.0879. The molecule has 1 aliphatic rings. The zero-order chi connectivity index (χ0) is 13.8. The van der Waals surface area contributed by atoms with E-state index in [2.05, 4.69) is 15.9 Å². The molecule has 1 saturated heterocycles. The normalized spacial score (nSPS) is 20.9. The lowest BCUT2D eigenvalue weighted by Gasteiger charge is -2.27. The molecule has 1 aliphatic heterocycles. The highest BCUT2D eigenvalue weighted by Gasteiger charge is 2.27. The first-order valence-electron chi connectivity index (χ1n) is 5.92. The van der Waals surface area contributed by atoms with E-state index < -0.39 is 0 Å².